The summed E-state index contributed by atoms with van der Waals surface area (Å²) in [4.78, 5) is 21.2. The van der Waals surface area contributed by atoms with Gasteiger partial charge in [0, 0.05) is 37.6 Å². The van der Waals surface area contributed by atoms with Gasteiger partial charge in [-0.25, -0.2) is 9.78 Å². The Morgan fingerprint density at radius 1 is 0.958 bits per heavy atom. The van der Waals surface area contributed by atoms with Gasteiger partial charge in [-0.3, -0.25) is 0 Å². The van der Waals surface area contributed by atoms with Gasteiger partial charge in [-0.05, 0) is 44.0 Å². The van der Waals surface area contributed by atoms with Crippen molar-refractivity contribution in [1.29, 1.82) is 0 Å². The second-order valence-corrected chi connectivity index (χ2v) is 6.31. The SMILES string of the molecule is Cc1cccc(N2CCN(C(=O)Nc3c(C)cccc3C)CC2)n1. The summed E-state index contributed by atoms with van der Waals surface area (Å²) >= 11 is 0. The van der Waals surface area contributed by atoms with E-state index in [2.05, 4.69) is 15.2 Å². The lowest BCUT2D eigenvalue weighted by atomic mass is 10.1. The zero-order chi connectivity index (χ0) is 17.1. The molecule has 0 spiro atoms. The van der Waals surface area contributed by atoms with E-state index in [1.807, 2.05) is 62.1 Å². The number of rotatable bonds is 2. The van der Waals surface area contributed by atoms with Crippen molar-refractivity contribution in [2.24, 2.45) is 0 Å². The lowest BCUT2D eigenvalue weighted by Gasteiger charge is -2.35. The normalized spacial score (nSPS) is 14.6. The van der Waals surface area contributed by atoms with E-state index in [0.717, 1.165) is 41.4 Å². The molecule has 1 aromatic heterocycles. The minimum atomic E-state index is -0.0238. The molecule has 1 fully saturated rings. The van der Waals surface area contributed by atoms with Crippen LogP contribution in [-0.4, -0.2) is 42.1 Å². The number of amides is 2. The van der Waals surface area contributed by atoms with Crippen molar-refractivity contribution in [1.82, 2.24) is 9.88 Å². The van der Waals surface area contributed by atoms with Gasteiger partial charge in [0.15, 0.2) is 0 Å². The van der Waals surface area contributed by atoms with Gasteiger partial charge in [-0.15, -0.1) is 0 Å². The Bertz CT molecular complexity index is 716. The van der Waals surface area contributed by atoms with Gasteiger partial charge in [0.25, 0.3) is 0 Å². The maximum Gasteiger partial charge on any atom is 0.321 e. The first-order chi connectivity index (χ1) is 11.5. The van der Waals surface area contributed by atoms with Crippen LogP contribution < -0.4 is 10.2 Å². The van der Waals surface area contributed by atoms with Gasteiger partial charge in [0.05, 0.1) is 0 Å². The van der Waals surface area contributed by atoms with Crippen LogP contribution in [0.1, 0.15) is 16.8 Å². The molecule has 24 heavy (non-hydrogen) atoms. The Balaban J connectivity index is 1.61. The molecule has 5 nitrogen and oxygen atoms in total. The Morgan fingerprint density at radius 3 is 2.21 bits per heavy atom. The van der Waals surface area contributed by atoms with Crippen LogP contribution in [0, 0.1) is 20.8 Å². The van der Waals surface area contributed by atoms with Crippen molar-refractivity contribution in [2.45, 2.75) is 20.8 Å². The number of carbonyl (C=O) groups excluding carboxylic acids is 1. The molecule has 0 unspecified atom stereocenters. The predicted molar refractivity (Wildman–Crippen MR) is 97.7 cm³/mol. The molecule has 0 bridgehead atoms. The molecule has 5 heteroatoms. The summed E-state index contributed by atoms with van der Waals surface area (Å²) in [6, 6.07) is 12.1. The van der Waals surface area contributed by atoms with Gasteiger partial charge in [-0.1, -0.05) is 24.3 Å². The summed E-state index contributed by atoms with van der Waals surface area (Å²) < 4.78 is 0. The van der Waals surface area contributed by atoms with E-state index in [9.17, 15) is 4.79 Å². The molecular weight excluding hydrogens is 300 g/mol. The third-order valence-corrected chi connectivity index (χ3v) is 4.48. The van der Waals surface area contributed by atoms with Crippen LogP contribution >= 0.6 is 0 Å². The number of benzene rings is 1. The second-order valence-electron chi connectivity index (χ2n) is 6.31. The highest BCUT2D eigenvalue weighted by Crippen LogP contribution is 2.20. The van der Waals surface area contributed by atoms with Gasteiger partial charge >= 0.3 is 6.03 Å². The molecule has 2 heterocycles. The number of piperazine rings is 1. The number of anilines is 2. The average Bonchev–Trinajstić information content (AvgIpc) is 2.58. The van der Waals surface area contributed by atoms with E-state index >= 15 is 0 Å². The Hall–Kier alpha value is -2.56. The lowest BCUT2D eigenvalue weighted by molar-refractivity contribution is 0.208. The van der Waals surface area contributed by atoms with Crippen molar-refractivity contribution in [2.75, 3.05) is 36.4 Å². The fourth-order valence-electron chi connectivity index (χ4n) is 3.04. The fourth-order valence-corrected chi connectivity index (χ4v) is 3.04. The summed E-state index contributed by atoms with van der Waals surface area (Å²) in [5, 5.41) is 3.06. The van der Waals surface area contributed by atoms with Crippen molar-refractivity contribution in [3.63, 3.8) is 0 Å². The first-order valence-electron chi connectivity index (χ1n) is 8.35. The molecule has 1 aliphatic heterocycles. The fraction of sp³-hybridized carbons (Fsp3) is 0.368. The van der Waals surface area contributed by atoms with E-state index < -0.39 is 0 Å². The maximum atomic E-state index is 12.5. The number of nitrogens with zero attached hydrogens (tertiary/aromatic N) is 3. The van der Waals surface area contributed by atoms with Crippen LogP contribution in [0.25, 0.3) is 0 Å². The summed E-state index contributed by atoms with van der Waals surface area (Å²) in [6.45, 7) is 9.04. The van der Waals surface area contributed by atoms with E-state index in [1.54, 1.807) is 0 Å². The first kappa shape index (κ1) is 16.3. The molecule has 126 valence electrons. The summed E-state index contributed by atoms with van der Waals surface area (Å²) in [5.74, 6) is 0.991. The Morgan fingerprint density at radius 2 is 1.58 bits per heavy atom. The highest BCUT2D eigenvalue weighted by molar-refractivity contribution is 5.91. The van der Waals surface area contributed by atoms with Crippen LogP contribution in [0.4, 0.5) is 16.3 Å². The number of carbonyl (C=O) groups is 1. The summed E-state index contributed by atoms with van der Waals surface area (Å²) in [7, 11) is 0. The predicted octanol–water partition coefficient (Wildman–Crippen LogP) is 3.36. The van der Waals surface area contributed by atoms with Crippen molar-refractivity contribution >= 4 is 17.5 Å². The number of pyridine rings is 1. The average molecular weight is 324 g/mol. The third kappa shape index (κ3) is 3.50. The van der Waals surface area contributed by atoms with Crippen LogP contribution in [0.3, 0.4) is 0 Å². The van der Waals surface area contributed by atoms with Crippen molar-refractivity contribution < 1.29 is 4.79 Å². The number of hydrogen-bond donors (Lipinski definition) is 1. The molecule has 1 aliphatic rings. The molecule has 1 saturated heterocycles. The van der Waals surface area contributed by atoms with Gasteiger partial charge < -0.3 is 15.1 Å². The minimum absolute atomic E-state index is 0.0238. The summed E-state index contributed by atoms with van der Waals surface area (Å²) in [6.07, 6.45) is 0. The van der Waals surface area contributed by atoms with Gasteiger partial charge in [0.1, 0.15) is 5.82 Å². The smallest absolute Gasteiger partial charge is 0.321 e. The number of aromatic nitrogens is 1. The zero-order valence-electron chi connectivity index (χ0n) is 14.5. The summed E-state index contributed by atoms with van der Waals surface area (Å²) in [5.41, 5.74) is 4.12. The van der Waals surface area contributed by atoms with Crippen molar-refractivity contribution in [3.8, 4) is 0 Å². The molecule has 3 rings (SSSR count). The quantitative estimate of drug-likeness (QED) is 0.921. The van der Waals surface area contributed by atoms with Crippen LogP contribution in [0.5, 0.6) is 0 Å². The molecule has 0 aliphatic carbocycles. The molecule has 0 atom stereocenters. The Kier molecular flexibility index (Phi) is 4.69. The monoisotopic (exact) mass is 324 g/mol. The van der Waals surface area contributed by atoms with Gasteiger partial charge in [0.2, 0.25) is 0 Å². The highest BCUT2D eigenvalue weighted by Gasteiger charge is 2.22. The highest BCUT2D eigenvalue weighted by atomic mass is 16.2. The van der Waals surface area contributed by atoms with E-state index in [0.29, 0.717) is 13.1 Å². The topological polar surface area (TPSA) is 48.5 Å². The van der Waals surface area contributed by atoms with E-state index in [4.69, 9.17) is 0 Å². The molecule has 2 aromatic rings. The van der Waals surface area contributed by atoms with E-state index in [1.165, 1.54) is 0 Å². The molecule has 0 saturated carbocycles. The third-order valence-electron chi connectivity index (χ3n) is 4.48. The van der Waals surface area contributed by atoms with Gasteiger partial charge in [-0.2, -0.15) is 0 Å². The second kappa shape index (κ2) is 6.91. The van der Waals surface area contributed by atoms with Crippen molar-refractivity contribution in [3.05, 3.63) is 53.2 Å². The Labute approximate surface area is 143 Å². The number of para-hydroxylation sites is 1. The zero-order valence-corrected chi connectivity index (χ0v) is 14.5. The lowest BCUT2D eigenvalue weighted by Crippen LogP contribution is -2.50. The first-order valence-corrected chi connectivity index (χ1v) is 8.35. The maximum absolute atomic E-state index is 12.5. The standard InChI is InChI=1S/C19H24N4O/c1-14-6-4-7-15(2)18(14)21-19(24)23-12-10-22(11-13-23)17-9-5-8-16(3)20-17/h4-9H,10-13H2,1-3H3,(H,21,24). The van der Waals surface area contributed by atoms with Crippen LogP contribution in [0.2, 0.25) is 0 Å². The number of nitrogens with one attached hydrogen (secondary N) is 1. The molecule has 2 amide bonds. The largest absolute Gasteiger partial charge is 0.353 e. The number of urea groups is 1. The van der Waals surface area contributed by atoms with Crippen LogP contribution in [-0.2, 0) is 0 Å². The minimum Gasteiger partial charge on any atom is -0.353 e. The van der Waals surface area contributed by atoms with E-state index in [-0.39, 0.29) is 6.03 Å². The molecule has 0 radical (unpaired) electrons. The number of hydrogen-bond acceptors (Lipinski definition) is 3. The molecule has 1 N–H and O–H groups in total. The number of aryl methyl sites for hydroxylation is 3. The van der Waals surface area contributed by atoms with Crippen LogP contribution in [0.15, 0.2) is 36.4 Å². The molecular formula is C19H24N4O. The molecule has 1 aromatic carbocycles.